The fourth-order valence-electron chi connectivity index (χ4n) is 3.10. The number of H-pyrrole nitrogens is 1. The van der Waals surface area contributed by atoms with Gasteiger partial charge in [-0.15, -0.1) is 0 Å². The van der Waals surface area contributed by atoms with Crippen molar-refractivity contribution < 1.29 is 19.4 Å². The zero-order valence-electron chi connectivity index (χ0n) is 15.8. The topological polar surface area (TPSA) is 91.4 Å². The maximum Gasteiger partial charge on any atom is 0.227 e. The van der Waals surface area contributed by atoms with Gasteiger partial charge in [-0.2, -0.15) is 0 Å². The van der Waals surface area contributed by atoms with E-state index in [1.165, 1.54) is 0 Å². The molecule has 0 fully saturated rings. The van der Waals surface area contributed by atoms with Gasteiger partial charge in [-0.1, -0.05) is 12.1 Å². The summed E-state index contributed by atoms with van der Waals surface area (Å²) in [5, 5.41) is 13.1. The first-order valence-corrected chi connectivity index (χ1v) is 9.25. The third kappa shape index (κ3) is 5.13. The molecule has 1 heterocycles. The monoisotopic (exact) mass is 380 g/mol. The second kappa shape index (κ2) is 9.08. The van der Waals surface area contributed by atoms with Crippen LogP contribution in [0.2, 0.25) is 0 Å². The van der Waals surface area contributed by atoms with E-state index >= 15 is 0 Å². The van der Waals surface area contributed by atoms with Gasteiger partial charge in [0.15, 0.2) is 0 Å². The van der Waals surface area contributed by atoms with Crippen LogP contribution in [0.15, 0.2) is 48.7 Å². The van der Waals surface area contributed by atoms with Gasteiger partial charge in [0.2, 0.25) is 5.91 Å². The number of Topliss-reactive ketones (excluding diaryl/α,β-unsaturated/α-hetero) is 1. The summed E-state index contributed by atoms with van der Waals surface area (Å²) in [5.74, 6) is 0.634. The largest absolute Gasteiger partial charge is 0.508 e. The zero-order valence-corrected chi connectivity index (χ0v) is 15.8. The van der Waals surface area contributed by atoms with Crippen LogP contribution in [0, 0.1) is 0 Å². The van der Waals surface area contributed by atoms with Crippen LogP contribution in [0.25, 0.3) is 10.9 Å². The van der Waals surface area contributed by atoms with Crippen molar-refractivity contribution in [1.29, 1.82) is 0 Å². The average molecular weight is 380 g/mol. The number of hydrogen-bond acceptors (Lipinski definition) is 4. The van der Waals surface area contributed by atoms with Gasteiger partial charge in [0.05, 0.1) is 13.5 Å². The molecule has 3 N–H and O–H groups in total. The third-order valence-electron chi connectivity index (χ3n) is 4.68. The van der Waals surface area contributed by atoms with Crippen LogP contribution in [0.3, 0.4) is 0 Å². The molecule has 2 aromatic carbocycles. The minimum Gasteiger partial charge on any atom is -0.508 e. The summed E-state index contributed by atoms with van der Waals surface area (Å²) in [6, 6.07) is 12.6. The number of ketones is 1. The minimum atomic E-state index is -0.256. The van der Waals surface area contributed by atoms with Gasteiger partial charge in [0.25, 0.3) is 0 Å². The second-order valence-electron chi connectivity index (χ2n) is 6.71. The third-order valence-corrected chi connectivity index (χ3v) is 4.68. The number of phenols is 1. The maximum absolute atomic E-state index is 12.0. The molecule has 0 saturated heterocycles. The number of aromatic nitrogens is 1. The number of aromatic hydroxyl groups is 1. The molecule has 0 aliphatic heterocycles. The lowest BCUT2D eigenvalue weighted by atomic mass is 10.1. The Hall–Kier alpha value is -3.28. The Balaban J connectivity index is 1.43. The number of aryl methyl sites for hydroxylation is 1. The smallest absolute Gasteiger partial charge is 0.227 e. The van der Waals surface area contributed by atoms with Crippen molar-refractivity contribution in [3.05, 3.63) is 59.8 Å². The molecule has 3 aromatic rings. The summed E-state index contributed by atoms with van der Waals surface area (Å²) in [5.41, 5.74) is 3.07. The van der Waals surface area contributed by atoms with Gasteiger partial charge in [-0.05, 0) is 54.3 Å². The lowest BCUT2D eigenvalue weighted by Crippen LogP contribution is -2.27. The van der Waals surface area contributed by atoms with E-state index in [4.69, 9.17) is 4.74 Å². The molecule has 6 heteroatoms. The van der Waals surface area contributed by atoms with Crippen molar-refractivity contribution in [3.8, 4) is 11.5 Å². The summed E-state index contributed by atoms with van der Waals surface area (Å²) in [7, 11) is 1.63. The fourth-order valence-corrected chi connectivity index (χ4v) is 3.10. The highest BCUT2D eigenvalue weighted by molar-refractivity contribution is 5.98. The molecule has 146 valence electrons. The summed E-state index contributed by atoms with van der Waals surface area (Å²) >= 11 is 0. The van der Waals surface area contributed by atoms with E-state index in [0.717, 1.165) is 27.8 Å². The molecule has 6 nitrogen and oxygen atoms in total. The first kappa shape index (κ1) is 19.5. The Labute approximate surface area is 163 Å². The van der Waals surface area contributed by atoms with E-state index < -0.39 is 0 Å². The molecule has 0 unspecified atom stereocenters. The average Bonchev–Trinajstić information content (AvgIpc) is 3.09. The van der Waals surface area contributed by atoms with Crippen molar-refractivity contribution in [2.24, 2.45) is 0 Å². The van der Waals surface area contributed by atoms with Crippen LogP contribution in [-0.2, 0) is 22.4 Å². The van der Waals surface area contributed by atoms with E-state index in [2.05, 4.69) is 10.3 Å². The number of phenolic OH excluding ortho intramolecular Hbond substituents is 1. The van der Waals surface area contributed by atoms with Crippen molar-refractivity contribution in [3.63, 3.8) is 0 Å². The highest BCUT2D eigenvalue weighted by Gasteiger charge is 2.10. The Kier molecular flexibility index (Phi) is 6.32. The second-order valence-corrected chi connectivity index (χ2v) is 6.71. The summed E-state index contributed by atoms with van der Waals surface area (Å²) in [6.45, 7) is 0.467. The number of carbonyl (C=O) groups is 2. The predicted octanol–water partition coefficient (Wildman–Crippen LogP) is 3.13. The first-order chi connectivity index (χ1) is 13.5. The summed E-state index contributed by atoms with van der Waals surface area (Å²) < 4.78 is 5.26. The number of ether oxygens (including phenoxy) is 1. The van der Waals surface area contributed by atoms with Gasteiger partial charge >= 0.3 is 0 Å². The zero-order chi connectivity index (χ0) is 19.9. The highest BCUT2D eigenvalue weighted by Crippen LogP contribution is 2.23. The van der Waals surface area contributed by atoms with Gasteiger partial charge in [0, 0.05) is 30.1 Å². The molecule has 0 saturated carbocycles. The standard InChI is InChI=1S/C22H24N2O4/c1-28-19-8-9-21-20(13-19)16(14-24-21)10-11-23-22(27)12-18(26)7-4-15-2-5-17(25)6-3-15/h2-3,5-6,8-9,13-14,24-25H,4,7,10-12H2,1H3,(H,23,27). The molecule has 0 aliphatic rings. The van der Waals surface area contributed by atoms with Gasteiger partial charge in [-0.3, -0.25) is 9.59 Å². The Bertz CT molecular complexity index is 960. The molecule has 0 aliphatic carbocycles. The van der Waals surface area contributed by atoms with Crippen molar-refractivity contribution in [2.45, 2.75) is 25.7 Å². The lowest BCUT2D eigenvalue weighted by Gasteiger charge is -2.06. The predicted molar refractivity (Wildman–Crippen MR) is 108 cm³/mol. The molecule has 28 heavy (non-hydrogen) atoms. The van der Waals surface area contributed by atoms with Crippen LogP contribution in [0.5, 0.6) is 11.5 Å². The van der Waals surface area contributed by atoms with E-state index in [9.17, 15) is 14.7 Å². The van der Waals surface area contributed by atoms with E-state index in [-0.39, 0.29) is 23.9 Å². The quantitative estimate of drug-likeness (QED) is 0.498. The molecule has 0 radical (unpaired) electrons. The fraction of sp³-hybridized carbons (Fsp3) is 0.273. The summed E-state index contributed by atoms with van der Waals surface area (Å²) in [6.07, 6.45) is 3.35. The van der Waals surface area contributed by atoms with Crippen LogP contribution >= 0.6 is 0 Å². The maximum atomic E-state index is 12.0. The van der Waals surface area contributed by atoms with Crippen molar-refractivity contribution >= 4 is 22.6 Å². The molecule has 3 rings (SSSR count). The Morgan fingerprint density at radius 1 is 1.11 bits per heavy atom. The normalized spacial score (nSPS) is 10.8. The SMILES string of the molecule is COc1ccc2[nH]cc(CCNC(=O)CC(=O)CCc3ccc(O)cc3)c2c1. The molecule has 1 amide bonds. The van der Waals surface area contributed by atoms with E-state index in [1.807, 2.05) is 24.4 Å². The highest BCUT2D eigenvalue weighted by atomic mass is 16.5. The number of nitrogens with one attached hydrogen (secondary N) is 2. The van der Waals surface area contributed by atoms with Crippen LogP contribution in [0.4, 0.5) is 0 Å². The van der Waals surface area contributed by atoms with E-state index in [1.54, 1.807) is 31.4 Å². The number of amides is 1. The number of benzene rings is 2. The van der Waals surface area contributed by atoms with Gasteiger partial charge in [-0.25, -0.2) is 0 Å². The molecule has 0 spiro atoms. The Morgan fingerprint density at radius 2 is 1.89 bits per heavy atom. The van der Waals surface area contributed by atoms with Crippen molar-refractivity contribution in [2.75, 3.05) is 13.7 Å². The molecular weight excluding hydrogens is 356 g/mol. The number of hydrogen-bond donors (Lipinski definition) is 3. The minimum absolute atomic E-state index is 0.0950. The number of fused-ring (bicyclic) bond motifs is 1. The number of aromatic amines is 1. The number of carbonyl (C=O) groups excluding carboxylic acids is 2. The van der Waals surface area contributed by atoms with Crippen LogP contribution in [0.1, 0.15) is 24.0 Å². The van der Waals surface area contributed by atoms with E-state index in [0.29, 0.717) is 25.8 Å². The molecule has 0 bridgehead atoms. The number of rotatable bonds is 9. The van der Waals surface area contributed by atoms with Crippen LogP contribution in [-0.4, -0.2) is 35.4 Å². The van der Waals surface area contributed by atoms with Crippen molar-refractivity contribution in [1.82, 2.24) is 10.3 Å². The Morgan fingerprint density at radius 3 is 2.64 bits per heavy atom. The first-order valence-electron chi connectivity index (χ1n) is 9.25. The van der Waals surface area contributed by atoms with Gasteiger partial charge in [0.1, 0.15) is 17.3 Å². The molecule has 0 atom stereocenters. The summed E-state index contributed by atoms with van der Waals surface area (Å²) in [4.78, 5) is 27.2. The van der Waals surface area contributed by atoms with Gasteiger partial charge < -0.3 is 20.1 Å². The lowest BCUT2D eigenvalue weighted by molar-refractivity contribution is -0.128. The molecule has 1 aromatic heterocycles. The van der Waals surface area contributed by atoms with Crippen LogP contribution < -0.4 is 10.1 Å². The number of methoxy groups -OCH3 is 1. The molecular formula is C22H24N2O4.